The van der Waals surface area contributed by atoms with Crippen LogP contribution in [0.2, 0.25) is 0 Å². The van der Waals surface area contributed by atoms with Crippen LogP contribution in [0.25, 0.3) is 0 Å². The maximum absolute atomic E-state index is 11.7. The molecule has 1 rings (SSSR count). The van der Waals surface area contributed by atoms with Crippen LogP contribution >= 0.6 is 27.3 Å². The van der Waals surface area contributed by atoms with Gasteiger partial charge in [-0.1, -0.05) is 13.8 Å². The van der Waals surface area contributed by atoms with E-state index in [4.69, 9.17) is 5.11 Å². The van der Waals surface area contributed by atoms with Crippen LogP contribution < -0.4 is 5.32 Å². The monoisotopic (exact) mass is 375 g/mol. The fourth-order valence-electron chi connectivity index (χ4n) is 2.08. The number of carbonyl (C=O) groups excluding carboxylic acids is 1. The van der Waals surface area contributed by atoms with E-state index in [0.29, 0.717) is 18.8 Å². The average molecular weight is 376 g/mol. The quantitative estimate of drug-likeness (QED) is 0.691. The van der Waals surface area contributed by atoms with Crippen molar-refractivity contribution in [3.8, 4) is 0 Å². The zero-order valence-corrected chi connectivity index (χ0v) is 14.8. The van der Waals surface area contributed by atoms with Gasteiger partial charge in [-0.2, -0.15) is 0 Å². The average Bonchev–Trinajstić information content (AvgIpc) is 2.79. The molecule has 21 heavy (non-hydrogen) atoms. The minimum atomic E-state index is -0.840. The van der Waals surface area contributed by atoms with Crippen molar-refractivity contribution in [1.29, 1.82) is 0 Å². The van der Waals surface area contributed by atoms with Crippen LogP contribution in [0.1, 0.15) is 38.0 Å². The van der Waals surface area contributed by atoms with Crippen molar-refractivity contribution in [2.45, 2.75) is 39.5 Å². The van der Waals surface area contributed by atoms with E-state index in [-0.39, 0.29) is 12.5 Å². The SMILES string of the molecule is CC(C)CC(CNC(=O)CCCc1ccc(Br)s1)C(=O)O. The smallest absolute Gasteiger partial charge is 0.308 e. The molecule has 118 valence electrons. The van der Waals surface area contributed by atoms with Crippen molar-refractivity contribution in [3.05, 3.63) is 20.8 Å². The van der Waals surface area contributed by atoms with Gasteiger partial charge in [0.05, 0.1) is 9.70 Å². The number of amides is 1. The molecule has 1 heterocycles. The summed E-state index contributed by atoms with van der Waals surface area (Å²) in [6.45, 7) is 4.19. The molecule has 0 aromatic carbocycles. The number of hydrogen-bond donors (Lipinski definition) is 2. The van der Waals surface area contributed by atoms with Gasteiger partial charge in [-0.05, 0) is 53.2 Å². The summed E-state index contributed by atoms with van der Waals surface area (Å²) < 4.78 is 1.10. The Bertz CT molecular complexity index is 473. The van der Waals surface area contributed by atoms with Gasteiger partial charge >= 0.3 is 5.97 Å². The summed E-state index contributed by atoms with van der Waals surface area (Å²) in [5.74, 6) is -1.10. The Balaban J connectivity index is 2.24. The van der Waals surface area contributed by atoms with E-state index in [0.717, 1.165) is 16.6 Å². The van der Waals surface area contributed by atoms with Gasteiger partial charge in [0.25, 0.3) is 0 Å². The van der Waals surface area contributed by atoms with Crippen LogP contribution in [-0.4, -0.2) is 23.5 Å². The van der Waals surface area contributed by atoms with Crippen molar-refractivity contribution < 1.29 is 14.7 Å². The molecule has 0 bridgehead atoms. The number of rotatable bonds is 9. The standard InChI is InChI=1S/C15H22BrNO3S/c1-10(2)8-11(15(19)20)9-17-14(18)5-3-4-12-6-7-13(16)21-12/h6-7,10-11H,3-5,8-9H2,1-2H3,(H,17,18)(H,19,20). The predicted molar refractivity (Wildman–Crippen MR) is 88.5 cm³/mol. The zero-order chi connectivity index (χ0) is 15.8. The number of carboxylic acid groups (broad SMARTS) is 1. The maximum atomic E-state index is 11.7. The molecule has 0 fully saturated rings. The third-order valence-electron chi connectivity index (χ3n) is 3.11. The Kier molecular flexibility index (Phi) is 7.96. The molecular weight excluding hydrogens is 354 g/mol. The molecule has 1 amide bonds. The Morgan fingerprint density at radius 2 is 2.10 bits per heavy atom. The molecule has 1 aromatic heterocycles. The highest BCUT2D eigenvalue weighted by Crippen LogP contribution is 2.23. The number of aryl methyl sites for hydroxylation is 1. The van der Waals surface area contributed by atoms with Gasteiger partial charge in [-0.25, -0.2) is 0 Å². The normalized spacial score (nSPS) is 12.4. The number of carboxylic acids is 1. The van der Waals surface area contributed by atoms with Gasteiger partial charge in [0.15, 0.2) is 0 Å². The maximum Gasteiger partial charge on any atom is 0.308 e. The van der Waals surface area contributed by atoms with Crippen molar-refractivity contribution >= 4 is 39.1 Å². The minimum Gasteiger partial charge on any atom is -0.481 e. The number of hydrogen-bond acceptors (Lipinski definition) is 3. The van der Waals surface area contributed by atoms with Crippen molar-refractivity contribution in [2.24, 2.45) is 11.8 Å². The van der Waals surface area contributed by atoms with Gasteiger partial charge in [-0.15, -0.1) is 11.3 Å². The lowest BCUT2D eigenvalue weighted by atomic mass is 9.97. The lowest BCUT2D eigenvalue weighted by Crippen LogP contribution is -2.33. The van der Waals surface area contributed by atoms with E-state index in [1.807, 2.05) is 19.9 Å². The number of aliphatic carboxylic acids is 1. The second kappa shape index (κ2) is 9.20. The van der Waals surface area contributed by atoms with Crippen molar-refractivity contribution in [3.63, 3.8) is 0 Å². The second-order valence-corrected chi connectivity index (χ2v) is 8.08. The summed E-state index contributed by atoms with van der Waals surface area (Å²) in [7, 11) is 0. The van der Waals surface area contributed by atoms with Crippen LogP contribution in [0.4, 0.5) is 0 Å². The number of nitrogens with one attached hydrogen (secondary N) is 1. The highest BCUT2D eigenvalue weighted by Gasteiger charge is 2.19. The summed E-state index contributed by atoms with van der Waals surface area (Å²) in [5, 5.41) is 11.8. The summed E-state index contributed by atoms with van der Waals surface area (Å²) in [4.78, 5) is 24.1. The number of halogens is 1. The summed E-state index contributed by atoms with van der Waals surface area (Å²) in [6.07, 6.45) is 2.67. The molecule has 0 aliphatic rings. The van der Waals surface area contributed by atoms with Gasteiger partial charge < -0.3 is 10.4 Å². The van der Waals surface area contributed by atoms with Gasteiger partial charge in [0.2, 0.25) is 5.91 Å². The predicted octanol–water partition coefficient (Wildman–Crippen LogP) is 3.70. The first-order valence-corrected chi connectivity index (χ1v) is 8.73. The van der Waals surface area contributed by atoms with E-state index in [1.165, 1.54) is 4.88 Å². The molecule has 2 N–H and O–H groups in total. The summed E-state index contributed by atoms with van der Waals surface area (Å²) in [6, 6.07) is 4.05. The molecule has 0 aliphatic heterocycles. The fourth-order valence-corrected chi connectivity index (χ4v) is 3.60. The third kappa shape index (κ3) is 7.62. The molecule has 0 spiro atoms. The van der Waals surface area contributed by atoms with Crippen molar-refractivity contribution in [1.82, 2.24) is 5.32 Å². The van der Waals surface area contributed by atoms with Gasteiger partial charge in [0, 0.05) is 17.8 Å². The molecule has 1 atom stereocenters. The molecule has 0 saturated heterocycles. The molecule has 1 unspecified atom stereocenters. The first-order chi connectivity index (χ1) is 9.88. The van der Waals surface area contributed by atoms with E-state index in [2.05, 4.69) is 27.3 Å². The number of thiophene rings is 1. The molecule has 4 nitrogen and oxygen atoms in total. The largest absolute Gasteiger partial charge is 0.481 e. The lowest BCUT2D eigenvalue weighted by Gasteiger charge is -2.15. The highest BCUT2D eigenvalue weighted by atomic mass is 79.9. The molecule has 6 heteroatoms. The zero-order valence-electron chi connectivity index (χ0n) is 12.4. The Hall–Kier alpha value is -0.880. The minimum absolute atomic E-state index is 0.0689. The van der Waals surface area contributed by atoms with Crippen LogP contribution in [0.5, 0.6) is 0 Å². The Morgan fingerprint density at radius 1 is 1.38 bits per heavy atom. The van der Waals surface area contributed by atoms with Crippen molar-refractivity contribution in [2.75, 3.05) is 6.54 Å². The van der Waals surface area contributed by atoms with Crippen LogP contribution in [0.3, 0.4) is 0 Å². The van der Waals surface area contributed by atoms with Crippen LogP contribution in [-0.2, 0) is 16.0 Å². The molecule has 0 saturated carbocycles. The van der Waals surface area contributed by atoms with E-state index in [9.17, 15) is 9.59 Å². The van der Waals surface area contributed by atoms with E-state index < -0.39 is 11.9 Å². The Labute approximate surface area is 138 Å². The van der Waals surface area contributed by atoms with Crippen LogP contribution in [0, 0.1) is 11.8 Å². The highest BCUT2D eigenvalue weighted by molar-refractivity contribution is 9.11. The Morgan fingerprint density at radius 3 is 2.62 bits per heavy atom. The molecular formula is C15H22BrNO3S. The third-order valence-corrected chi connectivity index (χ3v) is 4.79. The summed E-state index contributed by atoms with van der Waals surface area (Å²) in [5.41, 5.74) is 0. The first kappa shape index (κ1) is 18.2. The second-order valence-electron chi connectivity index (χ2n) is 5.53. The molecule has 1 aromatic rings. The van der Waals surface area contributed by atoms with Gasteiger partial charge in [0.1, 0.15) is 0 Å². The number of carbonyl (C=O) groups is 2. The molecule has 0 radical (unpaired) electrons. The summed E-state index contributed by atoms with van der Waals surface area (Å²) >= 11 is 5.09. The fraction of sp³-hybridized carbons (Fsp3) is 0.600. The van der Waals surface area contributed by atoms with Crippen LogP contribution in [0.15, 0.2) is 15.9 Å². The van der Waals surface area contributed by atoms with E-state index >= 15 is 0 Å². The van der Waals surface area contributed by atoms with Gasteiger partial charge in [-0.3, -0.25) is 9.59 Å². The lowest BCUT2D eigenvalue weighted by molar-refractivity contribution is -0.142. The topological polar surface area (TPSA) is 66.4 Å². The van der Waals surface area contributed by atoms with E-state index in [1.54, 1.807) is 11.3 Å². The molecule has 0 aliphatic carbocycles. The first-order valence-electron chi connectivity index (χ1n) is 7.12.